The van der Waals surface area contributed by atoms with Gasteiger partial charge in [-0.2, -0.15) is 5.10 Å². The summed E-state index contributed by atoms with van der Waals surface area (Å²) in [7, 11) is 1.91. The highest BCUT2D eigenvalue weighted by Crippen LogP contribution is 2.18. The Kier molecular flexibility index (Phi) is 2.64. The molecule has 0 radical (unpaired) electrons. The van der Waals surface area contributed by atoms with Gasteiger partial charge in [0.25, 0.3) is 0 Å². The average Bonchev–Trinajstić information content (AvgIpc) is 2.82. The molecule has 0 aliphatic rings. The van der Waals surface area contributed by atoms with Crippen molar-refractivity contribution in [3.8, 4) is 0 Å². The molecular formula is C13H13N5. The zero-order chi connectivity index (χ0) is 12.4. The van der Waals surface area contributed by atoms with Crippen molar-refractivity contribution in [2.45, 2.75) is 6.54 Å². The number of anilines is 1. The molecule has 0 unspecified atom stereocenters. The van der Waals surface area contributed by atoms with E-state index in [9.17, 15) is 0 Å². The standard InChI is InChI=1S/C13H13N5/c1-18-8-10(7-17-18)6-14-13-11-4-2-3-5-12(11)15-9-16-13/h2-5,7-9H,6H2,1H3,(H,14,15,16). The number of fused-ring (bicyclic) bond motifs is 1. The number of nitrogens with zero attached hydrogens (tertiary/aromatic N) is 4. The third-order valence-electron chi connectivity index (χ3n) is 2.76. The monoisotopic (exact) mass is 239 g/mol. The quantitative estimate of drug-likeness (QED) is 0.759. The summed E-state index contributed by atoms with van der Waals surface area (Å²) in [5, 5.41) is 8.48. The maximum Gasteiger partial charge on any atom is 0.137 e. The van der Waals surface area contributed by atoms with Gasteiger partial charge in [0.05, 0.1) is 11.7 Å². The third-order valence-corrected chi connectivity index (χ3v) is 2.76. The molecule has 0 saturated carbocycles. The Morgan fingerprint density at radius 3 is 2.94 bits per heavy atom. The van der Waals surface area contributed by atoms with Crippen molar-refractivity contribution in [1.29, 1.82) is 0 Å². The summed E-state index contributed by atoms with van der Waals surface area (Å²) in [6.45, 7) is 0.703. The second-order valence-electron chi connectivity index (χ2n) is 4.12. The Morgan fingerprint density at radius 2 is 2.11 bits per heavy atom. The molecule has 18 heavy (non-hydrogen) atoms. The summed E-state index contributed by atoms with van der Waals surface area (Å²) in [5.41, 5.74) is 2.07. The molecule has 0 saturated heterocycles. The number of hydrogen-bond donors (Lipinski definition) is 1. The van der Waals surface area contributed by atoms with Gasteiger partial charge in [-0.3, -0.25) is 4.68 Å². The highest BCUT2D eigenvalue weighted by atomic mass is 15.2. The average molecular weight is 239 g/mol. The maximum absolute atomic E-state index is 4.28. The van der Waals surface area contributed by atoms with Crippen LogP contribution in [0.1, 0.15) is 5.56 Å². The first-order valence-electron chi connectivity index (χ1n) is 5.74. The van der Waals surface area contributed by atoms with Crippen LogP contribution in [0.2, 0.25) is 0 Å². The molecular weight excluding hydrogens is 226 g/mol. The summed E-state index contributed by atoms with van der Waals surface area (Å²) < 4.78 is 1.79. The molecule has 5 nitrogen and oxygen atoms in total. The Labute approximate surface area is 104 Å². The van der Waals surface area contributed by atoms with Crippen molar-refractivity contribution >= 4 is 16.7 Å². The lowest BCUT2D eigenvalue weighted by molar-refractivity contribution is 0.767. The molecule has 3 rings (SSSR count). The molecule has 0 spiro atoms. The summed E-state index contributed by atoms with van der Waals surface area (Å²) in [6, 6.07) is 7.95. The molecule has 1 N–H and O–H groups in total. The number of rotatable bonds is 3. The Morgan fingerprint density at radius 1 is 1.22 bits per heavy atom. The Hall–Kier alpha value is -2.43. The minimum atomic E-state index is 0.703. The lowest BCUT2D eigenvalue weighted by atomic mass is 10.2. The van der Waals surface area contributed by atoms with Crippen molar-refractivity contribution in [1.82, 2.24) is 19.7 Å². The zero-order valence-corrected chi connectivity index (χ0v) is 10.0. The normalized spacial score (nSPS) is 10.7. The lowest BCUT2D eigenvalue weighted by Crippen LogP contribution is -2.01. The maximum atomic E-state index is 4.28. The number of aromatic nitrogens is 4. The fourth-order valence-electron chi connectivity index (χ4n) is 1.89. The Bertz CT molecular complexity index is 668. The van der Waals surface area contributed by atoms with Crippen molar-refractivity contribution in [3.63, 3.8) is 0 Å². The first-order chi connectivity index (χ1) is 8.83. The Balaban J connectivity index is 1.86. The van der Waals surface area contributed by atoms with Crippen LogP contribution in [0.15, 0.2) is 43.0 Å². The molecule has 0 bridgehead atoms. The van der Waals surface area contributed by atoms with Gasteiger partial charge < -0.3 is 5.32 Å². The van der Waals surface area contributed by atoms with Gasteiger partial charge in [0.1, 0.15) is 12.1 Å². The van der Waals surface area contributed by atoms with E-state index in [1.54, 1.807) is 11.0 Å². The molecule has 3 aromatic rings. The minimum Gasteiger partial charge on any atom is -0.365 e. The van der Waals surface area contributed by atoms with Gasteiger partial charge in [-0.1, -0.05) is 12.1 Å². The van der Waals surface area contributed by atoms with Crippen LogP contribution in [-0.4, -0.2) is 19.7 Å². The second-order valence-corrected chi connectivity index (χ2v) is 4.12. The third kappa shape index (κ3) is 2.02. The van der Waals surface area contributed by atoms with E-state index in [0.717, 1.165) is 22.3 Å². The van der Waals surface area contributed by atoms with Crippen molar-refractivity contribution in [2.24, 2.45) is 7.05 Å². The molecule has 0 atom stereocenters. The molecule has 0 aliphatic carbocycles. The molecule has 90 valence electrons. The van der Waals surface area contributed by atoms with E-state index in [0.29, 0.717) is 6.54 Å². The van der Waals surface area contributed by atoms with Gasteiger partial charge in [0, 0.05) is 30.7 Å². The summed E-state index contributed by atoms with van der Waals surface area (Å²) in [6.07, 6.45) is 5.40. The van der Waals surface area contributed by atoms with Crippen LogP contribution in [0.25, 0.3) is 10.9 Å². The zero-order valence-electron chi connectivity index (χ0n) is 10.0. The summed E-state index contributed by atoms with van der Waals surface area (Å²) in [4.78, 5) is 8.51. The van der Waals surface area contributed by atoms with Crippen molar-refractivity contribution in [2.75, 3.05) is 5.32 Å². The molecule has 2 heterocycles. The summed E-state index contributed by atoms with van der Waals surface area (Å²) >= 11 is 0. The highest BCUT2D eigenvalue weighted by Gasteiger charge is 2.03. The van der Waals surface area contributed by atoms with Gasteiger partial charge in [0.2, 0.25) is 0 Å². The largest absolute Gasteiger partial charge is 0.365 e. The van der Waals surface area contributed by atoms with Crippen LogP contribution in [0.4, 0.5) is 5.82 Å². The summed E-state index contributed by atoms with van der Waals surface area (Å²) in [5.74, 6) is 0.851. The van der Waals surface area contributed by atoms with E-state index >= 15 is 0 Å². The van der Waals surface area contributed by atoms with E-state index in [2.05, 4.69) is 20.4 Å². The lowest BCUT2D eigenvalue weighted by Gasteiger charge is -2.06. The van der Waals surface area contributed by atoms with Gasteiger partial charge in [-0.25, -0.2) is 9.97 Å². The molecule has 0 aliphatic heterocycles. The predicted octanol–water partition coefficient (Wildman–Crippen LogP) is 1.98. The van der Waals surface area contributed by atoms with Crippen molar-refractivity contribution < 1.29 is 0 Å². The molecule has 5 heteroatoms. The SMILES string of the molecule is Cn1cc(CNc2ncnc3ccccc23)cn1. The highest BCUT2D eigenvalue weighted by molar-refractivity contribution is 5.88. The number of hydrogen-bond acceptors (Lipinski definition) is 4. The van der Waals surface area contributed by atoms with Crippen LogP contribution >= 0.6 is 0 Å². The van der Waals surface area contributed by atoms with Crippen LogP contribution < -0.4 is 5.32 Å². The van der Waals surface area contributed by atoms with Gasteiger partial charge >= 0.3 is 0 Å². The van der Waals surface area contributed by atoms with Crippen molar-refractivity contribution in [3.05, 3.63) is 48.5 Å². The second kappa shape index (κ2) is 4.44. The van der Waals surface area contributed by atoms with Crippen LogP contribution in [0.3, 0.4) is 0 Å². The molecule has 0 amide bonds. The number of aryl methyl sites for hydroxylation is 1. The van der Waals surface area contributed by atoms with Crippen LogP contribution in [-0.2, 0) is 13.6 Å². The van der Waals surface area contributed by atoms with Gasteiger partial charge in [-0.05, 0) is 12.1 Å². The van der Waals surface area contributed by atoms with E-state index in [1.807, 2.05) is 43.7 Å². The number of para-hydroxylation sites is 1. The van der Waals surface area contributed by atoms with Crippen LogP contribution in [0, 0.1) is 0 Å². The number of benzene rings is 1. The van der Waals surface area contributed by atoms with Gasteiger partial charge in [-0.15, -0.1) is 0 Å². The minimum absolute atomic E-state index is 0.703. The van der Waals surface area contributed by atoms with Gasteiger partial charge in [0.15, 0.2) is 0 Å². The van der Waals surface area contributed by atoms with Crippen LogP contribution in [0.5, 0.6) is 0 Å². The van der Waals surface area contributed by atoms with E-state index in [-0.39, 0.29) is 0 Å². The smallest absolute Gasteiger partial charge is 0.137 e. The first-order valence-corrected chi connectivity index (χ1v) is 5.74. The first kappa shape index (κ1) is 10.7. The fraction of sp³-hybridized carbons (Fsp3) is 0.154. The van der Waals surface area contributed by atoms with E-state index < -0.39 is 0 Å². The molecule has 0 fully saturated rings. The van der Waals surface area contributed by atoms with E-state index in [4.69, 9.17) is 0 Å². The topological polar surface area (TPSA) is 55.6 Å². The fourth-order valence-corrected chi connectivity index (χ4v) is 1.89. The molecule has 2 aromatic heterocycles. The molecule has 1 aromatic carbocycles. The van der Waals surface area contributed by atoms with E-state index in [1.165, 1.54) is 0 Å². The number of nitrogens with one attached hydrogen (secondary N) is 1. The predicted molar refractivity (Wildman–Crippen MR) is 70.1 cm³/mol.